The van der Waals surface area contributed by atoms with Crippen molar-refractivity contribution in [1.82, 2.24) is 15.0 Å². The molecule has 0 aliphatic heterocycles. The molecule has 1 aromatic carbocycles. The third-order valence-corrected chi connectivity index (χ3v) is 2.87. The van der Waals surface area contributed by atoms with Crippen LogP contribution in [0.3, 0.4) is 0 Å². The predicted octanol–water partition coefficient (Wildman–Crippen LogP) is 3.05. The summed E-state index contributed by atoms with van der Waals surface area (Å²) in [6.07, 6.45) is 3.20. The monoisotopic (exact) mass is 272 g/mol. The van der Waals surface area contributed by atoms with E-state index >= 15 is 0 Å². The Hall–Kier alpha value is -2.40. The number of benzene rings is 1. The summed E-state index contributed by atoms with van der Waals surface area (Å²) in [6.45, 7) is 0. The zero-order valence-electron chi connectivity index (χ0n) is 9.75. The molecule has 2 aromatic heterocycles. The van der Waals surface area contributed by atoms with E-state index in [9.17, 15) is 0 Å². The van der Waals surface area contributed by atoms with Crippen molar-refractivity contribution < 1.29 is 4.74 Å². The van der Waals surface area contributed by atoms with Crippen molar-refractivity contribution >= 4 is 28.3 Å². The average Bonchev–Trinajstić information content (AvgIpc) is 2.42. The quantitative estimate of drug-likeness (QED) is 0.776. The van der Waals surface area contributed by atoms with Gasteiger partial charge in [0.2, 0.25) is 0 Å². The van der Waals surface area contributed by atoms with Crippen LogP contribution in [0, 0.1) is 0 Å². The fraction of sp³-hybridized carbons (Fsp3) is 0. The maximum absolute atomic E-state index is 6.11. The number of hydrogen-bond donors (Lipinski definition) is 1. The van der Waals surface area contributed by atoms with Crippen LogP contribution in [0.5, 0.6) is 11.8 Å². The molecule has 6 heteroatoms. The summed E-state index contributed by atoms with van der Waals surface area (Å²) in [5.74, 6) is 0.877. The summed E-state index contributed by atoms with van der Waals surface area (Å²) in [7, 11) is 0. The number of rotatable bonds is 2. The van der Waals surface area contributed by atoms with Gasteiger partial charge in [0.25, 0.3) is 0 Å². The van der Waals surface area contributed by atoms with Crippen molar-refractivity contribution in [3.63, 3.8) is 0 Å². The minimum absolute atomic E-state index is 0.175. The van der Waals surface area contributed by atoms with E-state index < -0.39 is 0 Å². The summed E-state index contributed by atoms with van der Waals surface area (Å²) in [5.41, 5.74) is 6.23. The Bertz CT molecular complexity index is 748. The number of anilines is 1. The van der Waals surface area contributed by atoms with Gasteiger partial charge in [-0.15, -0.1) is 0 Å². The zero-order valence-corrected chi connectivity index (χ0v) is 10.5. The van der Waals surface area contributed by atoms with Gasteiger partial charge < -0.3 is 10.5 Å². The van der Waals surface area contributed by atoms with E-state index in [4.69, 9.17) is 22.1 Å². The largest absolute Gasteiger partial charge is 0.422 e. The molecule has 0 amide bonds. The smallest absolute Gasteiger partial charge is 0.323 e. The van der Waals surface area contributed by atoms with E-state index in [0.29, 0.717) is 22.1 Å². The molecule has 0 atom stereocenters. The number of pyridine rings is 1. The first-order valence-electron chi connectivity index (χ1n) is 5.53. The summed E-state index contributed by atoms with van der Waals surface area (Å²) in [5, 5.41) is 1.43. The van der Waals surface area contributed by atoms with Crippen LogP contribution in [0.2, 0.25) is 5.02 Å². The molecule has 2 N–H and O–H groups in total. The van der Waals surface area contributed by atoms with E-state index in [1.165, 1.54) is 6.20 Å². The lowest BCUT2D eigenvalue weighted by Gasteiger charge is -2.07. The van der Waals surface area contributed by atoms with E-state index in [-0.39, 0.29) is 6.01 Å². The van der Waals surface area contributed by atoms with Crippen molar-refractivity contribution in [1.29, 1.82) is 0 Å². The molecular formula is C13H9ClN4O. The van der Waals surface area contributed by atoms with Crippen LogP contribution in [-0.4, -0.2) is 15.0 Å². The highest BCUT2D eigenvalue weighted by Crippen LogP contribution is 2.31. The Morgan fingerprint density at radius 3 is 2.79 bits per heavy atom. The van der Waals surface area contributed by atoms with Gasteiger partial charge in [-0.3, -0.25) is 4.98 Å². The van der Waals surface area contributed by atoms with Crippen LogP contribution in [0.25, 0.3) is 10.9 Å². The number of halogens is 1. The molecule has 0 aliphatic carbocycles. The first kappa shape index (κ1) is 11.7. The van der Waals surface area contributed by atoms with Crippen molar-refractivity contribution in [3.8, 4) is 11.8 Å². The summed E-state index contributed by atoms with van der Waals surface area (Å²) in [4.78, 5) is 12.2. The summed E-state index contributed by atoms with van der Waals surface area (Å²) in [6, 6.07) is 8.92. The Balaban J connectivity index is 2.09. The number of ether oxygens (including phenoxy) is 1. The lowest BCUT2D eigenvalue weighted by Crippen LogP contribution is -1.96. The predicted molar refractivity (Wildman–Crippen MR) is 73.3 cm³/mol. The van der Waals surface area contributed by atoms with Gasteiger partial charge in [-0.25, -0.2) is 4.98 Å². The van der Waals surface area contributed by atoms with Crippen LogP contribution in [0.15, 0.2) is 42.7 Å². The molecule has 94 valence electrons. The van der Waals surface area contributed by atoms with Crippen molar-refractivity contribution in [3.05, 3.63) is 47.7 Å². The standard InChI is InChI=1S/C13H9ClN4O/c14-9-3-4-10(12-8(9)2-1-6-16-12)19-13-17-7-5-11(15)18-13/h1-7H,(H2,15,17,18). The second-order valence-corrected chi connectivity index (χ2v) is 4.22. The lowest BCUT2D eigenvalue weighted by atomic mass is 10.2. The van der Waals surface area contributed by atoms with Crippen LogP contribution < -0.4 is 10.5 Å². The minimum Gasteiger partial charge on any atom is -0.422 e. The number of nitrogens with two attached hydrogens (primary N) is 1. The van der Waals surface area contributed by atoms with Crippen molar-refractivity contribution in [2.24, 2.45) is 0 Å². The highest BCUT2D eigenvalue weighted by molar-refractivity contribution is 6.35. The third kappa shape index (κ3) is 2.28. The molecule has 0 saturated carbocycles. The molecule has 3 rings (SSSR count). The van der Waals surface area contributed by atoms with Crippen molar-refractivity contribution in [2.75, 3.05) is 5.73 Å². The summed E-state index contributed by atoms with van der Waals surface area (Å²) >= 11 is 6.11. The first-order chi connectivity index (χ1) is 9.24. The molecule has 0 fully saturated rings. The third-order valence-electron chi connectivity index (χ3n) is 2.54. The van der Waals surface area contributed by atoms with E-state index in [0.717, 1.165) is 5.39 Å². The van der Waals surface area contributed by atoms with Gasteiger partial charge >= 0.3 is 6.01 Å². The van der Waals surface area contributed by atoms with Gasteiger partial charge in [0.15, 0.2) is 5.75 Å². The van der Waals surface area contributed by atoms with Crippen LogP contribution in [0.1, 0.15) is 0 Å². The van der Waals surface area contributed by atoms with Gasteiger partial charge in [0.05, 0.1) is 5.02 Å². The van der Waals surface area contributed by atoms with E-state index in [1.807, 2.05) is 12.1 Å². The average molecular weight is 273 g/mol. The number of nitrogen functional groups attached to an aromatic ring is 1. The van der Waals surface area contributed by atoms with Crippen molar-refractivity contribution in [2.45, 2.75) is 0 Å². The Labute approximate surface area is 114 Å². The van der Waals surface area contributed by atoms with E-state index in [1.54, 1.807) is 24.4 Å². The molecule has 19 heavy (non-hydrogen) atoms. The highest BCUT2D eigenvalue weighted by Gasteiger charge is 2.09. The number of aromatic nitrogens is 3. The zero-order chi connectivity index (χ0) is 13.2. The first-order valence-corrected chi connectivity index (χ1v) is 5.91. The maximum atomic E-state index is 6.11. The second kappa shape index (κ2) is 4.70. The Morgan fingerprint density at radius 2 is 1.95 bits per heavy atom. The molecule has 3 aromatic rings. The lowest BCUT2D eigenvalue weighted by molar-refractivity contribution is 0.447. The molecular weight excluding hydrogens is 264 g/mol. The van der Waals surface area contributed by atoms with Gasteiger partial charge in [-0.1, -0.05) is 11.6 Å². The minimum atomic E-state index is 0.175. The summed E-state index contributed by atoms with van der Waals surface area (Å²) < 4.78 is 5.60. The molecule has 0 unspecified atom stereocenters. The van der Waals surface area contributed by atoms with Gasteiger partial charge in [-0.05, 0) is 30.3 Å². The van der Waals surface area contributed by atoms with Crippen LogP contribution in [-0.2, 0) is 0 Å². The topological polar surface area (TPSA) is 73.9 Å². The van der Waals surface area contributed by atoms with Gasteiger partial charge in [0.1, 0.15) is 11.3 Å². The maximum Gasteiger partial charge on any atom is 0.323 e. The Kier molecular flexibility index (Phi) is 2.89. The molecule has 0 bridgehead atoms. The number of hydrogen-bond acceptors (Lipinski definition) is 5. The number of fused-ring (bicyclic) bond motifs is 1. The second-order valence-electron chi connectivity index (χ2n) is 3.81. The van der Waals surface area contributed by atoms with E-state index in [2.05, 4.69) is 15.0 Å². The van der Waals surface area contributed by atoms with Gasteiger partial charge in [-0.2, -0.15) is 4.98 Å². The highest BCUT2D eigenvalue weighted by atomic mass is 35.5. The molecule has 0 spiro atoms. The SMILES string of the molecule is Nc1ccnc(Oc2ccc(Cl)c3cccnc23)n1. The fourth-order valence-electron chi connectivity index (χ4n) is 1.70. The molecule has 0 saturated heterocycles. The Morgan fingerprint density at radius 1 is 1.05 bits per heavy atom. The molecule has 0 radical (unpaired) electrons. The fourth-order valence-corrected chi connectivity index (χ4v) is 1.91. The number of nitrogens with zero attached hydrogens (tertiary/aromatic N) is 3. The molecule has 2 heterocycles. The molecule has 5 nitrogen and oxygen atoms in total. The molecule has 0 aliphatic rings. The van der Waals surface area contributed by atoms with Crippen LogP contribution >= 0.6 is 11.6 Å². The van der Waals surface area contributed by atoms with Crippen LogP contribution in [0.4, 0.5) is 5.82 Å². The normalized spacial score (nSPS) is 10.6. The van der Waals surface area contributed by atoms with Gasteiger partial charge in [0, 0.05) is 17.8 Å².